The molecule has 6 heteroatoms. The molecule has 0 heterocycles. The van der Waals surface area contributed by atoms with Crippen molar-refractivity contribution in [3.8, 4) is 11.5 Å². The van der Waals surface area contributed by atoms with E-state index in [1.54, 1.807) is 31.2 Å². The van der Waals surface area contributed by atoms with Crippen molar-refractivity contribution in [2.45, 2.75) is 25.7 Å². The number of nitrogens with one attached hydrogen (secondary N) is 1. The predicted octanol–water partition coefficient (Wildman–Crippen LogP) is 3.06. The van der Waals surface area contributed by atoms with E-state index in [2.05, 4.69) is 4.72 Å². The second-order valence-electron chi connectivity index (χ2n) is 5.42. The summed E-state index contributed by atoms with van der Waals surface area (Å²) in [6.07, 6.45) is 0. The monoisotopic (exact) mass is 349 g/mol. The zero-order chi connectivity index (χ0) is 17.6. The van der Waals surface area contributed by atoms with Gasteiger partial charge in [0.1, 0.15) is 18.1 Å². The van der Waals surface area contributed by atoms with E-state index in [9.17, 15) is 8.42 Å². The van der Waals surface area contributed by atoms with Gasteiger partial charge < -0.3 is 9.47 Å². The standard InChI is InChI=1S/C18H23NO4S/c1-4-22-16-6-5-7-17(13-16)23-11-10-19-24(20,21)18-9-8-14(2)12-15(18)3/h5-9,12-13,19H,4,10-11H2,1-3H3. The zero-order valence-electron chi connectivity index (χ0n) is 14.2. The van der Waals surface area contributed by atoms with E-state index in [1.807, 2.05) is 32.0 Å². The van der Waals surface area contributed by atoms with Gasteiger partial charge in [0.2, 0.25) is 10.0 Å². The van der Waals surface area contributed by atoms with Crippen molar-refractivity contribution in [2.24, 2.45) is 0 Å². The molecule has 2 rings (SSSR count). The Morgan fingerprint density at radius 2 is 1.71 bits per heavy atom. The molecule has 0 fully saturated rings. The fraction of sp³-hybridized carbons (Fsp3) is 0.333. The van der Waals surface area contributed by atoms with Gasteiger partial charge in [-0.25, -0.2) is 13.1 Å². The van der Waals surface area contributed by atoms with Crippen LogP contribution in [0.3, 0.4) is 0 Å². The molecule has 0 amide bonds. The van der Waals surface area contributed by atoms with Crippen molar-refractivity contribution in [1.82, 2.24) is 4.72 Å². The molecule has 0 radical (unpaired) electrons. The molecule has 2 aromatic carbocycles. The number of hydrogen-bond acceptors (Lipinski definition) is 4. The highest BCUT2D eigenvalue weighted by Crippen LogP contribution is 2.19. The van der Waals surface area contributed by atoms with Crippen LogP contribution in [0.15, 0.2) is 47.4 Å². The molecule has 24 heavy (non-hydrogen) atoms. The van der Waals surface area contributed by atoms with Gasteiger partial charge in [-0.3, -0.25) is 0 Å². The molecule has 0 spiro atoms. The number of hydrogen-bond donors (Lipinski definition) is 1. The molecule has 130 valence electrons. The number of sulfonamides is 1. The summed E-state index contributed by atoms with van der Waals surface area (Å²) in [7, 11) is -3.53. The zero-order valence-corrected chi connectivity index (χ0v) is 15.0. The Kier molecular flexibility index (Phi) is 6.23. The Hall–Kier alpha value is -2.05. The largest absolute Gasteiger partial charge is 0.494 e. The molecule has 2 aromatic rings. The highest BCUT2D eigenvalue weighted by Gasteiger charge is 2.16. The van der Waals surface area contributed by atoms with Crippen molar-refractivity contribution >= 4 is 10.0 Å². The van der Waals surface area contributed by atoms with Gasteiger partial charge in [0, 0.05) is 12.6 Å². The average Bonchev–Trinajstić information content (AvgIpc) is 2.52. The predicted molar refractivity (Wildman–Crippen MR) is 94.2 cm³/mol. The van der Waals surface area contributed by atoms with Crippen LogP contribution in [0.1, 0.15) is 18.1 Å². The van der Waals surface area contributed by atoms with Gasteiger partial charge in [-0.15, -0.1) is 0 Å². The smallest absolute Gasteiger partial charge is 0.240 e. The summed E-state index contributed by atoms with van der Waals surface area (Å²) in [5, 5.41) is 0. The summed E-state index contributed by atoms with van der Waals surface area (Å²) in [5.74, 6) is 1.37. The Labute approximate surface area is 143 Å². The third kappa shape index (κ3) is 4.97. The van der Waals surface area contributed by atoms with Crippen molar-refractivity contribution in [3.63, 3.8) is 0 Å². The van der Waals surface area contributed by atoms with Gasteiger partial charge in [-0.05, 0) is 44.5 Å². The van der Waals surface area contributed by atoms with Crippen LogP contribution >= 0.6 is 0 Å². The Balaban J connectivity index is 1.90. The normalized spacial score (nSPS) is 11.3. The number of rotatable bonds is 8. The molecule has 0 unspecified atom stereocenters. The minimum absolute atomic E-state index is 0.189. The second-order valence-corrected chi connectivity index (χ2v) is 7.16. The minimum Gasteiger partial charge on any atom is -0.494 e. The topological polar surface area (TPSA) is 64.6 Å². The quantitative estimate of drug-likeness (QED) is 0.744. The van der Waals surface area contributed by atoms with E-state index < -0.39 is 10.0 Å². The maximum Gasteiger partial charge on any atom is 0.240 e. The summed E-state index contributed by atoms with van der Waals surface area (Å²) in [6.45, 7) is 6.64. The van der Waals surface area contributed by atoms with Crippen LogP contribution in [0.25, 0.3) is 0 Å². The van der Waals surface area contributed by atoms with Gasteiger partial charge in [-0.2, -0.15) is 0 Å². The first kappa shape index (κ1) is 18.3. The summed E-state index contributed by atoms with van der Waals surface area (Å²) in [4.78, 5) is 0.298. The van der Waals surface area contributed by atoms with Crippen LogP contribution in [0.4, 0.5) is 0 Å². The van der Waals surface area contributed by atoms with Crippen LogP contribution in [0, 0.1) is 13.8 Å². The van der Waals surface area contributed by atoms with E-state index in [1.165, 1.54) is 0 Å². The number of benzene rings is 2. The SMILES string of the molecule is CCOc1cccc(OCCNS(=O)(=O)c2ccc(C)cc2C)c1. The highest BCUT2D eigenvalue weighted by molar-refractivity contribution is 7.89. The molecule has 5 nitrogen and oxygen atoms in total. The molecular weight excluding hydrogens is 326 g/mol. The maximum atomic E-state index is 12.3. The van der Waals surface area contributed by atoms with Gasteiger partial charge in [0.25, 0.3) is 0 Å². The van der Waals surface area contributed by atoms with Crippen molar-refractivity contribution < 1.29 is 17.9 Å². The lowest BCUT2D eigenvalue weighted by molar-refractivity contribution is 0.313. The van der Waals surface area contributed by atoms with Crippen LogP contribution in [-0.2, 0) is 10.0 Å². The number of ether oxygens (including phenoxy) is 2. The third-order valence-corrected chi connectivity index (χ3v) is 5.02. The lowest BCUT2D eigenvalue weighted by atomic mass is 10.2. The minimum atomic E-state index is -3.53. The number of aryl methyl sites for hydroxylation is 2. The van der Waals surface area contributed by atoms with E-state index in [0.717, 1.165) is 16.9 Å². The Morgan fingerprint density at radius 1 is 1.00 bits per heavy atom. The van der Waals surface area contributed by atoms with Gasteiger partial charge in [0.05, 0.1) is 11.5 Å². The first-order valence-corrected chi connectivity index (χ1v) is 9.33. The molecule has 1 N–H and O–H groups in total. The molecule has 0 aliphatic carbocycles. The van der Waals surface area contributed by atoms with Crippen LogP contribution in [0.2, 0.25) is 0 Å². The molecule has 0 saturated carbocycles. The maximum absolute atomic E-state index is 12.3. The summed E-state index contributed by atoms with van der Waals surface area (Å²) < 4.78 is 38.2. The Morgan fingerprint density at radius 3 is 2.38 bits per heavy atom. The first-order valence-electron chi connectivity index (χ1n) is 7.85. The lowest BCUT2D eigenvalue weighted by Crippen LogP contribution is -2.28. The molecule has 0 atom stereocenters. The summed E-state index contributed by atoms with van der Waals surface area (Å²) >= 11 is 0. The van der Waals surface area contributed by atoms with Crippen molar-refractivity contribution in [1.29, 1.82) is 0 Å². The molecule has 0 saturated heterocycles. The van der Waals surface area contributed by atoms with Gasteiger partial charge >= 0.3 is 0 Å². The molecule has 0 aliphatic heterocycles. The average molecular weight is 349 g/mol. The van der Waals surface area contributed by atoms with E-state index >= 15 is 0 Å². The fourth-order valence-corrected chi connectivity index (χ4v) is 3.58. The Bertz CT molecular complexity index is 787. The second kappa shape index (κ2) is 8.17. The van der Waals surface area contributed by atoms with Crippen molar-refractivity contribution in [2.75, 3.05) is 19.8 Å². The fourth-order valence-electron chi connectivity index (χ4n) is 2.34. The van der Waals surface area contributed by atoms with Crippen molar-refractivity contribution in [3.05, 3.63) is 53.6 Å². The van der Waals surface area contributed by atoms with E-state index in [0.29, 0.717) is 17.3 Å². The van der Waals surface area contributed by atoms with Gasteiger partial charge in [-0.1, -0.05) is 23.8 Å². The van der Waals surface area contributed by atoms with Crippen LogP contribution in [0.5, 0.6) is 11.5 Å². The van der Waals surface area contributed by atoms with E-state index in [-0.39, 0.29) is 13.2 Å². The summed E-state index contributed by atoms with van der Waals surface area (Å²) in [5.41, 5.74) is 1.76. The van der Waals surface area contributed by atoms with Crippen LogP contribution < -0.4 is 14.2 Å². The molecule has 0 aromatic heterocycles. The third-order valence-electron chi connectivity index (χ3n) is 3.40. The molecule has 0 bridgehead atoms. The molecule has 0 aliphatic rings. The van der Waals surface area contributed by atoms with Gasteiger partial charge in [0.15, 0.2) is 0 Å². The highest BCUT2D eigenvalue weighted by atomic mass is 32.2. The first-order chi connectivity index (χ1) is 11.4. The van der Waals surface area contributed by atoms with Crippen LogP contribution in [-0.4, -0.2) is 28.2 Å². The lowest BCUT2D eigenvalue weighted by Gasteiger charge is -2.11. The van der Waals surface area contributed by atoms with E-state index in [4.69, 9.17) is 9.47 Å². The summed E-state index contributed by atoms with van der Waals surface area (Å²) in [6, 6.07) is 12.5. The molecular formula is C18H23NO4S.